The molecular formula is C11H10ClN5O. The van der Waals surface area contributed by atoms with Gasteiger partial charge in [-0.15, -0.1) is 5.10 Å². The van der Waals surface area contributed by atoms with Crippen LogP contribution in [0.3, 0.4) is 0 Å². The standard InChI is InChI=1S/C11H10ClN5O/c1-7-4-9(16-18-7)5-13-11-14-10-3-2-8(12)6-17(10)15-11/h2-4,6H,5H2,1H3,(H,13,15). The lowest BCUT2D eigenvalue weighted by molar-refractivity contribution is 0.391. The largest absolute Gasteiger partial charge is 0.361 e. The summed E-state index contributed by atoms with van der Waals surface area (Å²) in [5, 5.41) is 11.8. The Morgan fingerprint density at radius 3 is 3.11 bits per heavy atom. The van der Waals surface area contributed by atoms with Crippen LogP contribution in [0, 0.1) is 6.92 Å². The molecule has 0 spiro atoms. The summed E-state index contributed by atoms with van der Waals surface area (Å²) in [5.74, 6) is 1.31. The molecule has 0 aliphatic rings. The van der Waals surface area contributed by atoms with Crippen LogP contribution in [-0.2, 0) is 6.54 Å². The fourth-order valence-electron chi connectivity index (χ4n) is 1.60. The Morgan fingerprint density at radius 2 is 2.33 bits per heavy atom. The van der Waals surface area contributed by atoms with E-state index in [1.807, 2.05) is 13.0 Å². The Labute approximate surface area is 108 Å². The topological polar surface area (TPSA) is 68.2 Å². The smallest absolute Gasteiger partial charge is 0.243 e. The number of hydrogen-bond donors (Lipinski definition) is 1. The molecule has 0 unspecified atom stereocenters. The van der Waals surface area contributed by atoms with E-state index in [0.29, 0.717) is 17.5 Å². The van der Waals surface area contributed by atoms with Gasteiger partial charge in [-0.2, -0.15) is 4.98 Å². The van der Waals surface area contributed by atoms with Crippen LogP contribution in [0.5, 0.6) is 0 Å². The molecule has 18 heavy (non-hydrogen) atoms. The van der Waals surface area contributed by atoms with Gasteiger partial charge in [0.1, 0.15) is 11.5 Å². The third-order valence-electron chi connectivity index (χ3n) is 2.40. The zero-order chi connectivity index (χ0) is 12.5. The summed E-state index contributed by atoms with van der Waals surface area (Å²) >= 11 is 5.87. The molecule has 3 rings (SSSR count). The molecule has 0 radical (unpaired) electrons. The van der Waals surface area contributed by atoms with Crippen molar-refractivity contribution in [3.8, 4) is 0 Å². The van der Waals surface area contributed by atoms with Crippen LogP contribution in [0.2, 0.25) is 5.02 Å². The predicted octanol–water partition coefficient (Wildman–Crippen LogP) is 2.29. The van der Waals surface area contributed by atoms with Crippen molar-refractivity contribution in [2.75, 3.05) is 5.32 Å². The highest BCUT2D eigenvalue weighted by Crippen LogP contribution is 2.12. The number of hydrogen-bond acceptors (Lipinski definition) is 5. The third kappa shape index (κ3) is 2.14. The summed E-state index contributed by atoms with van der Waals surface area (Å²) in [6, 6.07) is 5.44. The summed E-state index contributed by atoms with van der Waals surface area (Å²) < 4.78 is 6.60. The highest BCUT2D eigenvalue weighted by molar-refractivity contribution is 6.30. The van der Waals surface area contributed by atoms with Crippen LogP contribution in [0.15, 0.2) is 28.9 Å². The minimum atomic E-state index is 0.516. The zero-order valence-corrected chi connectivity index (χ0v) is 10.3. The first kappa shape index (κ1) is 11.0. The molecule has 0 aliphatic carbocycles. The van der Waals surface area contributed by atoms with E-state index >= 15 is 0 Å². The van der Waals surface area contributed by atoms with Gasteiger partial charge in [-0.05, 0) is 19.1 Å². The number of halogens is 1. The molecule has 6 nitrogen and oxygen atoms in total. The second kappa shape index (κ2) is 4.30. The van der Waals surface area contributed by atoms with Gasteiger partial charge in [-0.3, -0.25) is 0 Å². The molecule has 7 heteroatoms. The van der Waals surface area contributed by atoms with E-state index in [1.165, 1.54) is 0 Å². The normalized spacial score (nSPS) is 11.0. The van der Waals surface area contributed by atoms with Gasteiger partial charge in [0.15, 0.2) is 5.65 Å². The molecule has 0 atom stereocenters. The maximum absolute atomic E-state index is 5.87. The molecule has 92 valence electrons. The van der Waals surface area contributed by atoms with Gasteiger partial charge in [-0.25, -0.2) is 4.52 Å². The van der Waals surface area contributed by atoms with Crippen LogP contribution >= 0.6 is 11.6 Å². The predicted molar refractivity (Wildman–Crippen MR) is 66.6 cm³/mol. The second-order valence-corrected chi connectivity index (χ2v) is 4.30. The second-order valence-electron chi connectivity index (χ2n) is 3.87. The quantitative estimate of drug-likeness (QED) is 0.785. The first-order valence-corrected chi connectivity index (χ1v) is 5.76. The van der Waals surface area contributed by atoms with Crippen molar-refractivity contribution in [2.24, 2.45) is 0 Å². The average Bonchev–Trinajstić information content (AvgIpc) is 2.92. The van der Waals surface area contributed by atoms with Gasteiger partial charge in [0.2, 0.25) is 5.95 Å². The van der Waals surface area contributed by atoms with Gasteiger partial charge in [0.05, 0.1) is 11.6 Å². The van der Waals surface area contributed by atoms with Crippen LogP contribution in [0.25, 0.3) is 5.65 Å². The van der Waals surface area contributed by atoms with Crippen molar-refractivity contribution in [2.45, 2.75) is 13.5 Å². The summed E-state index contributed by atoms with van der Waals surface area (Å²) in [6.45, 7) is 2.36. The molecule has 0 saturated carbocycles. The molecule has 3 aromatic rings. The monoisotopic (exact) mass is 263 g/mol. The van der Waals surface area contributed by atoms with Crippen molar-refractivity contribution >= 4 is 23.2 Å². The maximum Gasteiger partial charge on any atom is 0.243 e. The van der Waals surface area contributed by atoms with Crippen molar-refractivity contribution in [1.82, 2.24) is 19.8 Å². The molecule has 0 aromatic carbocycles. The van der Waals surface area contributed by atoms with Crippen molar-refractivity contribution < 1.29 is 4.52 Å². The lowest BCUT2D eigenvalue weighted by atomic mass is 10.4. The molecule has 0 amide bonds. The van der Waals surface area contributed by atoms with E-state index < -0.39 is 0 Å². The van der Waals surface area contributed by atoms with Gasteiger partial charge < -0.3 is 9.84 Å². The van der Waals surface area contributed by atoms with E-state index in [-0.39, 0.29) is 0 Å². The summed E-state index contributed by atoms with van der Waals surface area (Å²) in [7, 11) is 0. The maximum atomic E-state index is 5.87. The Kier molecular flexibility index (Phi) is 2.64. The molecule has 0 fully saturated rings. The number of anilines is 1. The highest BCUT2D eigenvalue weighted by atomic mass is 35.5. The number of nitrogens with zero attached hydrogens (tertiary/aromatic N) is 4. The van der Waals surface area contributed by atoms with Gasteiger partial charge in [-0.1, -0.05) is 16.8 Å². The Hall–Kier alpha value is -2.08. The summed E-state index contributed by atoms with van der Waals surface area (Å²) in [4.78, 5) is 4.30. The molecule has 3 heterocycles. The minimum absolute atomic E-state index is 0.516. The molecule has 0 aliphatic heterocycles. The number of aromatic nitrogens is 4. The van der Waals surface area contributed by atoms with Crippen LogP contribution in [0.4, 0.5) is 5.95 Å². The number of rotatable bonds is 3. The van der Waals surface area contributed by atoms with Gasteiger partial charge in [0.25, 0.3) is 0 Å². The molecule has 3 aromatic heterocycles. The fourth-order valence-corrected chi connectivity index (χ4v) is 1.76. The van der Waals surface area contributed by atoms with Gasteiger partial charge >= 0.3 is 0 Å². The van der Waals surface area contributed by atoms with E-state index in [2.05, 4.69) is 20.6 Å². The fraction of sp³-hybridized carbons (Fsp3) is 0.182. The van der Waals surface area contributed by atoms with Crippen molar-refractivity contribution in [3.63, 3.8) is 0 Å². The van der Waals surface area contributed by atoms with Crippen molar-refractivity contribution in [1.29, 1.82) is 0 Å². The molecular weight excluding hydrogens is 254 g/mol. The summed E-state index contributed by atoms with van der Waals surface area (Å²) in [5.41, 5.74) is 1.54. The van der Waals surface area contributed by atoms with Crippen LogP contribution < -0.4 is 5.32 Å². The lowest BCUT2D eigenvalue weighted by Crippen LogP contribution is -2.01. The zero-order valence-electron chi connectivity index (χ0n) is 9.59. The Morgan fingerprint density at radius 1 is 1.44 bits per heavy atom. The van der Waals surface area contributed by atoms with E-state index in [0.717, 1.165) is 17.1 Å². The lowest BCUT2D eigenvalue weighted by Gasteiger charge is -1.95. The third-order valence-corrected chi connectivity index (χ3v) is 2.62. The minimum Gasteiger partial charge on any atom is -0.361 e. The van der Waals surface area contributed by atoms with Crippen LogP contribution in [0.1, 0.15) is 11.5 Å². The number of pyridine rings is 1. The molecule has 0 saturated heterocycles. The number of aryl methyl sites for hydroxylation is 1. The Balaban J connectivity index is 1.78. The SMILES string of the molecule is Cc1cc(CNc2nc3ccc(Cl)cn3n2)no1. The van der Waals surface area contributed by atoms with Gasteiger partial charge in [0, 0.05) is 12.3 Å². The highest BCUT2D eigenvalue weighted by Gasteiger charge is 2.05. The average molecular weight is 264 g/mol. The van der Waals surface area contributed by atoms with E-state index in [4.69, 9.17) is 16.1 Å². The molecule has 0 bridgehead atoms. The first-order chi connectivity index (χ1) is 8.70. The molecule has 1 N–H and O–H groups in total. The van der Waals surface area contributed by atoms with Crippen molar-refractivity contribution in [3.05, 3.63) is 40.9 Å². The Bertz CT molecular complexity index is 690. The summed E-state index contributed by atoms with van der Waals surface area (Å²) in [6.07, 6.45) is 1.70. The van der Waals surface area contributed by atoms with E-state index in [1.54, 1.807) is 22.8 Å². The van der Waals surface area contributed by atoms with E-state index in [9.17, 15) is 0 Å². The number of nitrogens with one attached hydrogen (secondary N) is 1. The number of fused-ring (bicyclic) bond motifs is 1. The first-order valence-electron chi connectivity index (χ1n) is 5.39. The van der Waals surface area contributed by atoms with Crippen LogP contribution in [-0.4, -0.2) is 19.8 Å².